The molecule has 1 aliphatic heterocycles. The van der Waals surface area contributed by atoms with Gasteiger partial charge in [0.25, 0.3) is 5.91 Å². The maximum Gasteiger partial charge on any atom is 0.264 e. The highest BCUT2D eigenvalue weighted by atomic mass is 35.5. The van der Waals surface area contributed by atoms with Crippen LogP contribution in [0.2, 0.25) is 5.02 Å². The van der Waals surface area contributed by atoms with Crippen LogP contribution in [0.15, 0.2) is 52.5 Å². The Balaban J connectivity index is 1.75. The van der Waals surface area contributed by atoms with Gasteiger partial charge in [0.1, 0.15) is 0 Å². The quantitative estimate of drug-likeness (QED) is 0.770. The van der Waals surface area contributed by atoms with Crippen LogP contribution in [-0.4, -0.2) is 29.1 Å². The highest BCUT2D eigenvalue weighted by Crippen LogP contribution is 2.28. The van der Waals surface area contributed by atoms with Gasteiger partial charge in [0.05, 0.1) is 9.93 Å². The Bertz CT molecular complexity index is 843. The van der Waals surface area contributed by atoms with Gasteiger partial charge in [0, 0.05) is 25.0 Å². The molecule has 0 spiro atoms. The molecule has 1 aliphatic rings. The smallest absolute Gasteiger partial charge is 0.264 e. The first-order valence-corrected chi connectivity index (χ1v) is 9.54. The second-order valence-electron chi connectivity index (χ2n) is 5.58. The number of carbonyl (C=O) groups is 1. The summed E-state index contributed by atoms with van der Waals surface area (Å²) in [6, 6.07) is 11.6. The molecule has 1 aromatic carbocycles. The lowest BCUT2D eigenvalue weighted by atomic mass is 10.2. The van der Waals surface area contributed by atoms with Crippen molar-refractivity contribution in [3.63, 3.8) is 0 Å². The third kappa shape index (κ3) is 4.45. The lowest BCUT2D eigenvalue weighted by Gasteiger charge is -2.20. The molecule has 1 fully saturated rings. The minimum Gasteiger partial charge on any atom is -0.372 e. The molecule has 2 aromatic rings. The fourth-order valence-electron chi connectivity index (χ4n) is 2.54. The van der Waals surface area contributed by atoms with E-state index in [1.54, 1.807) is 12.1 Å². The monoisotopic (exact) mass is 386 g/mol. The van der Waals surface area contributed by atoms with Crippen molar-refractivity contribution in [1.29, 1.82) is 0 Å². The maximum absolute atomic E-state index is 12.2. The van der Waals surface area contributed by atoms with E-state index in [4.69, 9.17) is 11.6 Å². The average Bonchev–Trinajstić information content (AvgIpc) is 2.98. The predicted molar refractivity (Wildman–Crippen MR) is 110 cm³/mol. The molecular formula is C19H19ClN4OS. The zero-order valence-corrected chi connectivity index (χ0v) is 16.1. The normalized spacial score (nSPS) is 17.0. The number of aliphatic imine (C=N–C) groups is 1. The van der Waals surface area contributed by atoms with E-state index in [9.17, 15) is 4.79 Å². The molecule has 5 nitrogen and oxygen atoms in total. The van der Waals surface area contributed by atoms with E-state index in [1.165, 1.54) is 23.6 Å². The summed E-state index contributed by atoms with van der Waals surface area (Å²) in [5.74, 6) is 0.345. The molecular weight excluding hydrogens is 368 g/mol. The minimum absolute atomic E-state index is 0.157. The zero-order valence-electron chi connectivity index (χ0n) is 14.6. The number of anilines is 1. The van der Waals surface area contributed by atoms with Crippen LogP contribution in [0.4, 0.5) is 11.5 Å². The minimum atomic E-state index is -0.157. The van der Waals surface area contributed by atoms with Crippen molar-refractivity contribution in [1.82, 2.24) is 10.3 Å². The Hall–Kier alpha value is -2.31. The van der Waals surface area contributed by atoms with E-state index < -0.39 is 0 Å². The average molecular weight is 387 g/mol. The summed E-state index contributed by atoms with van der Waals surface area (Å²) in [5.41, 5.74) is 2.15. The summed E-state index contributed by atoms with van der Waals surface area (Å²) in [7, 11) is 0. The number of benzene rings is 1. The molecule has 0 aliphatic carbocycles. The number of aromatic nitrogens is 1. The summed E-state index contributed by atoms with van der Waals surface area (Å²) < 4.78 is 0. The molecule has 0 unspecified atom stereocenters. The molecule has 3 rings (SSSR count). The number of hydrogen-bond acceptors (Lipinski definition) is 5. The number of amides is 1. The van der Waals surface area contributed by atoms with Crippen LogP contribution in [0.3, 0.4) is 0 Å². The predicted octanol–water partition coefficient (Wildman–Crippen LogP) is 4.47. The molecule has 7 heteroatoms. The number of halogens is 1. The van der Waals surface area contributed by atoms with Crippen molar-refractivity contribution in [3.05, 3.63) is 58.1 Å². The van der Waals surface area contributed by atoms with Crippen molar-refractivity contribution < 1.29 is 4.79 Å². The van der Waals surface area contributed by atoms with Crippen LogP contribution >= 0.6 is 23.4 Å². The molecule has 0 saturated carbocycles. The van der Waals surface area contributed by atoms with Crippen LogP contribution in [0.1, 0.15) is 19.4 Å². The van der Waals surface area contributed by atoms with Gasteiger partial charge < -0.3 is 10.2 Å². The third-order valence-electron chi connectivity index (χ3n) is 3.90. The molecule has 1 amide bonds. The van der Waals surface area contributed by atoms with Gasteiger partial charge in [-0.1, -0.05) is 23.7 Å². The van der Waals surface area contributed by atoms with Crippen LogP contribution < -0.4 is 10.2 Å². The van der Waals surface area contributed by atoms with E-state index in [0.29, 0.717) is 20.9 Å². The largest absolute Gasteiger partial charge is 0.372 e. The van der Waals surface area contributed by atoms with Gasteiger partial charge in [-0.25, -0.2) is 9.98 Å². The molecule has 2 heterocycles. The molecule has 1 N–H and O–H groups in total. The van der Waals surface area contributed by atoms with E-state index in [0.717, 1.165) is 18.7 Å². The maximum atomic E-state index is 12.2. The number of nitrogens with zero attached hydrogens (tertiary/aromatic N) is 3. The summed E-state index contributed by atoms with van der Waals surface area (Å²) >= 11 is 7.12. The van der Waals surface area contributed by atoms with Gasteiger partial charge >= 0.3 is 0 Å². The standard InChI is InChI=1S/C19H19ClN4OS/c1-3-24(4-2)15-8-5-13(6-9-15)11-16-18(25)23-19(26-16)22-17-10-7-14(20)12-21-17/h5-12H,3-4H2,1-2H3,(H,21,22,23,25)/b16-11-. The Labute approximate surface area is 162 Å². The SMILES string of the molecule is CCN(CC)c1ccc(/C=C2\SC(=Nc3ccc(Cl)cn3)NC2=O)cc1. The molecule has 1 aromatic heterocycles. The molecule has 26 heavy (non-hydrogen) atoms. The van der Waals surface area contributed by atoms with Crippen LogP contribution in [0.25, 0.3) is 6.08 Å². The first kappa shape index (κ1) is 18.5. The first-order valence-electron chi connectivity index (χ1n) is 8.35. The zero-order chi connectivity index (χ0) is 18.5. The third-order valence-corrected chi connectivity index (χ3v) is 5.03. The fourth-order valence-corrected chi connectivity index (χ4v) is 3.48. The molecule has 1 saturated heterocycles. The Morgan fingerprint density at radius 1 is 1.19 bits per heavy atom. The lowest BCUT2D eigenvalue weighted by molar-refractivity contribution is -0.115. The van der Waals surface area contributed by atoms with Gasteiger partial charge in [-0.15, -0.1) is 0 Å². The summed E-state index contributed by atoms with van der Waals surface area (Å²) in [4.78, 5) is 23.5. The fraction of sp³-hybridized carbons (Fsp3) is 0.211. The molecule has 0 atom stereocenters. The second kappa shape index (κ2) is 8.38. The van der Waals surface area contributed by atoms with E-state index in [1.807, 2.05) is 18.2 Å². The van der Waals surface area contributed by atoms with Gasteiger partial charge in [-0.3, -0.25) is 4.79 Å². The summed E-state index contributed by atoms with van der Waals surface area (Å²) in [6.07, 6.45) is 3.39. The van der Waals surface area contributed by atoms with Crippen LogP contribution in [0, 0.1) is 0 Å². The van der Waals surface area contributed by atoms with Crippen LogP contribution in [-0.2, 0) is 4.79 Å². The van der Waals surface area contributed by atoms with Crippen molar-refractivity contribution in [2.75, 3.05) is 18.0 Å². The summed E-state index contributed by atoms with van der Waals surface area (Å²) in [6.45, 7) is 6.20. The van der Waals surface area contributed by atoms with Crippen molar-refractivity contribution in [2.24, 2.45) is 4.99 Å². The Morgan fingerprint density at radius 2 is 1.92 bits per heavy atom. The van der Waals surface area contributed by atoms with E-state index >= 15 is 0 Å². The number of pyridine rings is 1. The Morgan fingerprint density at radius 3 is 2.54 bits per heavy atom. The number of amidine groups is 1. The summed E-state index contributed by atoms with van der Waals surface area (Å²) in [5, 5.41) is 3.82. The van der Waals surface area contributed by atoms with Gasteiger partial charge in [-0.05, 0) is 61.5 Å². The number of nitrogens with one attached hydrogen (secondary N) is 1. The highest BCUT2D eigenvalue weighted by molar-refractivity contribution is 8.18. The van der Waals surface area contributed by atoms with Gasteiger partial charge in [0.15, 0.2) is 11.0 Å². The number of carbonyl (C=O) groups excluding carboxylic acids is 1. The Kier molecular flexibility index (Phi) is 5.96. The van der Waals surface area contributed by atoms with Gasteiger partial charge in [-0.2, -0.15) is 0 Å². The van der Waals surface area contributed by atoms with Crippen LogP contribution in [0.5, 0.6) is 0 Å². The number of rotatable bonds is 5. The van der Waals surface area contributed by atoms with E-state index in [-0.39, 0.29) is 5.91 Å². The number of hydrogen-bond donors (Lipinski definition) is 1. The second-order valence-corrected chi connectivity index (χ2v) is 7.05. The molecule has 134 valence electrons. The van der Waals surface area contributed by atoms with Gasteiger partial charge in [0.2, 0.25) is 0 Å². The van der Waals surface area contributed by atoms with E-state index in [2.05, 4.69) is 46.2 Å². The lowest BCUT2D eigenvalue weighted by Crippen LogP contribution is -2.21. The van der Waals surface area contributed by atoms with Crippen molar-refractivity contribution in [3.8, 4) is 0 Å². The first-order chi connectivity index (χ1) is 12.6. The van der Waals surface area contributed by atoms with Crippen molar-refractivity contribution >= 4 is 52.0 Å². The number of thioether (sulfide) groups is 1. The topological polar surface area (TPSA) is 57.6 Å². The molecule has 0 bridgehead atoms. The van der Waals surface area contributed by atoms with Crippen molar-refractivity contribution in [2.45, 2.75) is 13.8 Å². The highest BCUT2D eigenvalue weighted by Gasteiger charge is 2.23. The molecule has 0 radical (unpaired) electrons.